The predicted octanol–water partition coefficient (Wildman–Crippen LogP) is 2.08. The quantitative estimate of drug-likeness (QED) is 0.629. The van der Waals surface area contributed by atoms with E-state index >= 15 is 0 Å². The van der Waals surface area contributed by atoms with E-state index in [1.807, 2.05) is 0 Å². The molecule has 0 aliphatic carbocycles. The molecule has 2 heterocycles. The van der Waals surface area contributed by atoms with E-state index < -0.39 is 11.2 Å². The molecule has 6 nitrogen and oxygen atoms in total. The van der Waals surface area contributed by atoms with Crippen molar-refractivity contribution in [2.45, 2.75) is 0 Å². The molecule has 8 heteroatoms. The molecule has 0 saturated heterocycles. The van der Waals surface area contributed by atoms with Gasteiger partial charge in [0.05, 0.1) is 21.1 Å². The monoisotopic (exact) mass is 323 g/mol. The van der Waals surface area contributed by atoms with Gasteiger partial charge < -0.3 is 9.97 Å². The average molecular weight is 324 g/mol. The second kappa shape index (κ2) is 4.91. The third kappa shape index (κ3) is 2.28. The summed E-state index contributed by atoms with van der Waals surface area (Å²) in [6.45, 7) is 0. The number of fused-ring (bicyclic) bond motifs is 1. The van der Waals surface area contributed by atoms with Crippen LogP contribution in [0.4, 0.5) is 0 Å². The first kappa shape index (κ1) is 13.7. The lowest BCUT2D eigenvalue weighted by atomic mass is 10.1. The van der Waals surface area contributed by atoms with Crippen molar-refractivity contribution in [2.75, 3.05) is 0 Å². The zero-order valence-corrected chi connectivity index (χ0v) is 11.8. The number of hydrogen-bond donors (Lipinski definition) is 3. The number of nitrogens with one attached hydrogen (secondary N) is 3. The molecule has 3 rings (SSSR count). The lowest BCUT2D eigenvalue weighted by Gasteiger charge is -2.01. The number of halogens is 2. The standard InChI is InChI=1S/C13H7Cl2N3O3/c14-7-2-1-5(3-8(7)15)11(19)6-4-16-10-9(6)17-13(21)18-12(10)20/h1-4,16H,(H2,17,18,20,21). The van der Waals surface area contributed by atoms with Crippen molar-refractivity contribution in [2.24, 2.45) is 0 Å². The second-order valence-corrected chi connectivity index (χ2v) is 5.13. The normalized spacial score (nSPS) is 11.0. The predicted molar refractivity (Wildman–Crippen MR) is 79.4 cm³/mol. The van der Waals surface area contributed by atoms with E-state index in [0.717, 1.165) is 0 Å². The van der Waals surface area contributed by atoms with E-state index in [1.165, 1.54) is 24.4 Å². The third-order valence-electron chi connectivity index (χ3n) is 3.00. The minimum absolute atomic E-state index is 0.123. The molecule has 106 valence electrons. The fourth-order valence-corrected chi connectivity index (χ4v) is 2.31. The molecule has 0 spiro atoms. The average Bonchev–Trinajstić information content (AvgIpc) is 2.85. The Morgan fingerprint density at radius 3 is 2.48 bits per heavy atom. The van der Waals surface area contributed by atoms with Crippen LogP contribution in [-0.2, 0) is 0 Å². The number of ketones is 1. The van der Waals surface area contributed by atoms with Crippen LogP contribution in [0.15, 0.2) is 34.0 Å². The number of hydrogen-bond acceptors (Lipinski definition) is 3. The number of carbonyl (C=O) groups excluding carboxylic acids is 1. The Hall–Kier alpha value is -2.31. The van der Waals surface area contributed by atoms with Gasteiger partial charge in [-0.1, -0.05) is 23.2 Å². The van der Waals surface area contributed by atoms with Gasteiger partial charge in [-0.05, 0) is 18.2 Å². The summed E-state index contributed by atoms with van der Waals surface area (Å²) in [6, 6.07) is 4.44. The van der Waals surface area contributed by atoms with Gasteiger partial charge in [0.2, 0.25) is 0 Å². The number of rotatable bonds is 2. The molecule has 0 amide bonds. The van der Waals surface area contributed by atoms with Crippen molar-refractivity contribution in [1.29, 1.82) is 0 Å². The summed E-state index contributed by atoms with van der Waals surface area (Å²) in [6.07, 6.45) is 1.36. The second-order valence-electron chi connectivity index (χ2n) is 4.32. The Morgan fingerprint density at radius 2 is 1.76 bits per heavy atom. The highest BCUT2D eigenvalue weighted by Gasteiger charge is 2.17. The maximum Gasteiger partial charge on any atom is 0.326 e. The summed E-state index contributed by atoms with van der Waals surface area (Å²) >= 11 is 11.7. The van der Waals surface area contributed by atoms with Gasteiger partial charge in [0.1, 0.15) is 5.52 Å². The van der Waals surface area contributed by atoms with Crippen LogP contribution in [0.5, 0.6) is 0 Å². The first-order valence-corrected chi connectivity index (χ1v) is 6.56. The van der Waals surface area contributed by atoms with Crippen molar-refractivity contribution >= 4 is 40.0 Å². The summed E-state index contributed by atoms with van der Waals surface area (Å²) < 4.78 is 0. The van der Waals surface area contributed by atoms with Gasteiger partial charge in [0.25, 0.3) is 5.56 Å². The molecule has 0 saturated carbocycles. The van der Waals surface area contributed by atoms with Gasteiger partial charge >= 0.3 is 5.69 Å². The molecule has 0 bridgehead atoms. The van der Waals surface area contributed by atoms with E-state index in [9.17, 15) is 14.4 Å². The molecule has 0 aliphatic heterocycles. The number of carbonyl (C=O) groups is 1. The molecular weight excluding hydrogens is 317 g/mol. The Labute approximate surface area is 126 Å². The van der Waals surface area contributed by atoms with Gasteiger partial charge in [-0.25, -0.2) is 4.79 Å². The summed E-state index contributed by atoms with van der Waals surface area (Å²) in [5.41, 5.74) is -0.534. The van der Waals surface area contributed by atoms with E-state index in [2.05, 4.69) is 15.0 Å². The maximum absolute atomic E-state index is 12.5. The zero-order chi connectivity index (χ0) is 15.1. The Balaban J connectivity index is 2.20. The van der Waals surface area contributed by atoms with Gasteiger partial charge in [0, 0.05) is 11.8 Å². The Kier molecular flexibility index (Phi) is 3.19. The molecule has 2 aromatic heterocycles. The van der Waals surface area contributed by atoms with Gasteiger partial charge in [-0.3, -0.25) is 14.6 Å². The molecule has 0 radical (unpaired) electrons. The molecular formula is C13H7Cl2N3O3. The van der Waals surface area contributed by atoms with E-state index in [0.29, 0.717) is 10.6 Å². The van der Waals surface area contributed by atoms with Crippen LogP contribution in [-0.4, -0.2) is 20.7 Å². The molecule has 0 unspecified atom stereocenters. The lowest BCUT2D eigenvalue weighted by Crippen LogP contribution is -2.22. The van der Waals surface area contributed by atoms with E-state index in [1.54, 1.807) is 0 Å². The largest absolute Gasteiger partial charge is 0.355 e. The molecule has 21 heavy (non-hydrogen) atoms. The Morgan fingerprint density at radius 1 is 1.00 bits per heavy atom. The molecule has 1 aromatic carbocycles. The van der Waals surface area contributed by atoms with Crippen LogP contribution in [0, 0.1) is 0 Å². The highest BCUT2D eigenvalue weighted by atomic mass is 35.5. The van der Waals surface area contributed by atoms with Crippen LogP contribution in [0.25, 0.3) is 11.0 Å². The third-order valence-corrected chi connectivity index (χ3v) is 3.74. The summed E-state index contributed by atoms with van der Waals surface area (Å²) in [5.74, 6) is -0.388. The summed E-state index contributed by atoms with van der Waals surface area (Å²) in [4.78, 5) is 42.6. The fraction of sp³-hybridized carbons (Fsp3) is 0. The molecule has 3 N–H and O–H groups in total. The van der Waals surface area contributed by atoms with Crippen molar-refractivity contribution in [3.63, 3.8) is 0 Å². The van der Waals surface area contributed by atoms with Crippen molar-refractivity contribution < 1.29 is 4.79 Å². The summed E-state index contributed by atoms with van der Waals surface area (Å²) in [7, 11) is 0. The maximum atomic E-state index is 12.5. The molecule has 0 fully saturated rings. The Bertz CT molecular complexity index is 984. The number of aromatic nitrogens is 3. The first-order chi connectivity index (χ1) is 9.97. The van der Waals surface area contributed by atoms with E-state index in [-0.39, 0.29) is 27.4 Å². The topological polar surface area (TPSA) is 98.6 Å². The van der Waals surface area contributed by atoms with E-state index in [4.69, 9.17) is 23.2 Å². The highest BCUT2D eigenvalue weighted by molar-refractivity contribution is 6.42. The number of aromatic amines is 3. The first-order valence-electron chi connectivity index (χ1n) is 5.81. The van der Waals surface area contributed by atoms with Crippen LogP contribution in [0.3, 0.4) is 0 Å². The lowest BCUT2D eigenvalue weighted by molar-refractivity contribution is 0.104. The molecule has 3 aromatic rings. The van der Waals surface area contributed by atoms with Gasteiger partial charge in [-0.15, -0.1) is 0 Å². The minimum atomic E-state index is -0.685. The van der Waals surface area contributed by atoms with Crippen molar-refractivity contribution in [3.05, 3.63) is 66.4 Å². The van der Waals surface area contributed by atoms with Crippen LogP contribution in [0.2, 0.25) is 10.0 Å². The SMILES string of the molecule is O=C(c1ccc(Cl)c(Cl)c1)c1c[nH]c2c(=O)[nH]c(=O)[nH]c12. The fourth-order valence-electron chi connectivity index (χ4n) is 2.01. The van der Waals surface area contributed by atoms with Gasteiger partial charge in [-0.2, -0.15) is 0 Å². The van der Waals surface area contributed by atoms with Crippen LogP contribution >= 0.6 is 23.2 Å². The highest BCUT2D eigenvalue weighted by Crippen LogP contribution is 2.24. The summed E-state index contributed by atoms with van der Waals surface area (Å²) in [5, 5.41) is 0.575. The van der Waals surface area contributed by atoms with Crippen LogP contribution < -0.4 is 11.2 Å². The molecule has 0 atom stereocenters. The van der Waals surface area contributed by atoms with Crippen molar-refractivity contribution in [3.8, 4) is 0 Å². The zero-order valence-electron chi connectivity index (χ0n) is 10.3. The number of benzene rings is 1. The minimum Gasteiger partial charge on any atom is -0.355 e. The molecule has 0 aliphatic rings. The van der Waals surface area contributed by atoms with Gasteiger partial charge in [0.15, 0.2) is 5.78 Å². The van der Waals surface area contributed by atoms with Crippen molar-refractivity contribution in [1.82, 2.24) is 15.0 Å². The smallest absolute Gasteiger partial charge is 0.326 e. The van der Waals surface area contributed by atoms with Crippen LogP contribution in [0.1, 0.15) is 15.9 Å². The number of H-pyrrole nitrogens is 3.